The van der Waals surface area contributed by atoms with Crippen LogP contribution in [0.25, 0.3) is 0 Å². The van der Waals surface area contributed by atoms with Crippen LogP contribution in [0.4, 0.5) is 5.69 Å². The predicted molar refractivity (Wildman–Crippen MR) is 79.6 cm³/mol. The molecule has 2 aromatic rings. The Labute approximate surface area is 125 Å². The Morgan fingerprint density at radius 1 is 1.30 bits per heavy atom. The lowest BCUT2D eigenvalue weighted by Crippen LogP contribution is -2.44. The average Bonchev–Trinajstić information content (AvgIpc) is 2.86. The van der Waals surface area contributed by atoms with E-state index in [9.17, 15) is 4.79 Å². The summed E-state index contributed by atoms with van der Waals surface area (Å²) < 4.78 is 11.1. The molecule has 1 amide bonds. The van der Waals surface area contributed by atoms with E-state index in [1.807, 2.05) is 0 Å². The number of benzene rings is 1. The molecule has 5 nitrogen and oxygen atoms in total. The molecule has 3 N–H and O–H groups in total. The molecular weight excluding hydrogens is 324 g/mol. The first kappa shape index (κ1) is 14.5. The number of nitrogens with one attached hydrogen (secondary N) is 1. The normalized spacial score (nSPS) is 13.6. The Balaban J connectivity index is 2.31. The highest BCUT2D eigenvalue weighted by molar-refractivity contribution is 9.10. The van der Waals surface area contributed by atoms with E-state index < -0.39 is 11.4 Å². The number of rotatable bonds is 5. The second kappa shape index (κ2) is 5.58. The number of hydrogen-bond donors (Lipinski definition) is 2. The van der Waals surface area contributed by atoms with E-state index in [0.717, 1.165) is 11.4 Å². The summed E-state index contributed by atoms with van der Waals surface area (Å²) in [6.07, 6.45) is 0. The second-order valence-electron chi connectivity index (χ2n) is 4.45. The Bertz CT molecular complexity index is 609. The van der Waals surface area contributed by atoms with Crippen LogP contribution in [0.1, 0.15) is 12.7 Å². The second-order valence-corrected chi connectivity index (χ2v) is 5.23. The number of furan rings is 1. The highest BCUT2D eigenvalue weighted by Gasteiger charge is 2.36. The van der Waals surface area contributed by atoms with Gasteiger partial charge in [0.2, 0.25) is 0 Å². The molecule has 2 rings (SSSR count). The molecule has 0 aliphatic heterocycles. The summed E-state index contributed by atoms with van der Waals surface area (Å²) in [5.41, 5.74) is 5.11. The third-order valence-corrected chi connectivity index (χ3v) is 3.47. The van der Waals surface area contributed by atoms with Gasteiger partial charge >= 0.3 is 0 Å². The Hall–Kier alpha value is -1.95. The molecule has 0 saturated heterocycles. The minimum Gasteiger partial charge on any atom is -0.497 e. The van der Waals surface area contributed by atoms with Gasteiger partial charge in [-0.2, -0.15) is 0 Å². The molecule has 1 aromatic carbocycles. The lowest BCUT2D eigenvalue weighted by molar-refractivity contribution is -0.122. The third kappa shape index (κ3) is 2.80. The fourth-order valence-electron chi connectivity index (χ4n) is 1.79. The Morgan fingerprint density at radius 3 is 2.40 bits per heavy atom. The molecule has 1 unspecified atom stereocenters. The molecular formula is C14H15BrN2O3. The number of carbonyl (C=O) groups is 1. The summed E-state index contributed by atoms with van der Waals surface area (Å²) in [6, 6.07) is 10.6. The first-order chi connectivity index (χ1) is 9.45. The molecule has 20 heavy (non-hydrogen) atoms. The highest BCUT2D eigenvalue weighted by atomic mass is 79.9. The SMILES string of the molecule is COc1ccc(NC(C)(C(N)=O)c2ccc(Br)o2)cc1. The van der Waals surface area contributed by atoms with Gasteiger partial charge in [-0.15, -0.1) is 0 Å². The number of ether oxygens (including phenoxy) is 1. The zero-order valence-corrected chi connectivity index (χ0v) is 12.7. The minimum absolute atomic E-state index is 0.438. The fraction of sp³-hybridized carbons (Fsp3) is 0.214. The molecule has 6 heteroatoms. The largest absolute Gasteiger partial charge is 0.497 e. The molecule has 1 aromatic heterocycles. The van der Waals surface area contributed by atoms with Gasteiger partial charge in [0, 0.05) is 5.69 Å². The number of anilines is 1. The van der Waals surface area contributed by atoms with Crippen molar-refractivity contribution in [1.82, 2.24) is 0 Å². The standard InChI is InChI=1S/C14H15BrN2O3/c1-14(13(16)18,11-7-8-12(15)20-11)17-9-3-5-10(19-2)6-4-9/h3-8,17H,1-2H3,(H2,16,18). The van der Waals surface area contributed by atoms with E-state index >= 15 is 0 Å². The predicted octanol–water partition coefficient (Wildman–Crippen LogP) is 2.86. The molecule has 0 radical (unpaired) electrons. The number of hydrogen-bond acceptors (Lipinski definition) is 4. The van der Waals surface area contributed by atoms with Crippen molar-refractivity contribution in [3.05, 3.63) is 46.8 Å². The molecule has 0 aliphatic rings. The Morgan fingerprint density at radius 2 is 1.95 bits per heavy atom. The zero-order valence-electron chi connectivity index (χ0n) is 11.1. The maximum atomic E-state index is 11.8. The van der Waals surface area contributed by atoms with E-state index in [4.69, 9.17) is 14.9 Å². The van der Waals surface area contributed by atoms with Gasteiger partial charge in [-0.25, -0.2) is 0 Å². The minimum atomic E-state index is -1.14. The van der Waals surface area contributed by atoms with Crippen LogP contribution in [0.15, 0.2) is 45.5 Å². The maximum absolute atomic E-state index is 11.8. The van der Waals surface area contributed by atoms with Crippen LogP contribution in [0.5, 0.6) is 5.75 Å². The summed E-state index contributed by atoms with van der Waals surface area (Å²) in [7, 11) is 1.59. The quantitative estimate of drug-likeness (QED) is 0.878. The van der Waals surface area contributed by atoms with Gasteiger partial charge in [-0.1, -0.05) is 0 Å². The summed E-state index contributed by atoms with van der Waals surface area (Å²) in [5, 5.41) is 3.09. The number of halogens is 1. The van der Waals surface area contributed by atoms with Gasteiger partial charge in [0.1, 0.15) is 11.5 Å². The molecule has 0 fully saturated rings. The van der Waals surface area contributed by atoms with E-state index in [2.05, 4.69) is 21.2 Å². The van der Waals surface area contributed by atoms with E-state index in [-0.39, 0.29) is 0 Å². The van der Waals surface area contributed by atoms with Gasteiger partial charge in [0.05, 0.1) is 7.11 Å². The zero-order chi connectivity index (χ0) is 14.8. The highest BCUT2D eigenvalue weighted by Crippen LogP contribution is 2.30. The molecule has 0 aliphatic carbocycles. The van der Waals surface area contributed by atoms with E-state index in [0.29, 0.717) is 10.4 Å². The van der Waals surface area contributed by atoms with Gasteiger partial charge in [0.25, 0.3) is 5.91 Å². The lowest BCUT2D eigenvalue weighted by atomic mass is 9.97. The summed E-state index contributed by atoms with van der Waals surface area (Å²) in [4.78, 5) is 11.8. The fourth-order valence-corrected chi connectivity index (χ4v) is 2.10. The van der Waals surface area contributed by atoms with Crippen LogP contribution in [0.2, 0.25) is 0 Å². The summed E-state index contributed by atoms with van der Waals surface area (Å²) >= 11 is 3.21. The van der Waals surface area contributed by atoms with Crippen molar-refractivity contribution in [3.63, 3.8) is 0 Å². The van der Waals surface area contributed by atoms with Crippen molar-refractivity contribution >= 4 is 27.5 Å². The van der Waals surface area contributed by atoms with Crippen LogP contribution in [-0.4, -0.2) is 13.0 Å². The number of amides is 1. The van der Waals surface area contributed by atoms with E-state index in [1.54, 1.807) is 50.4 Å². The van der Waals surface area contributed by atoms with E-state index in [1.165, 1.54) is 0 Å². The molecule has 0 spiro atoms. The van der Waals surface area contributed by atoms with Crippen molar-refractivity contribution in [1.29, 1.82) is 0 Å². The Kier molecular flexibility index (Phi) is 4.04. The van der Waals surface area contributed by atoms with Gasteiger partial charge in [-0.3, -0.25) is 4.79 Å². The average molecular weight is 339 g/mol. The third-order valence-electron chi connectivity index (χ3n) is 3.04. The number of nitrogens with two attached hydrogens (primary N) is 1. The van der Waals surface area contributed by atoms with Gasteiger partial charge in [0.15, 0.2) is 10.2 Å². The summed E-state index contributed by atoms with van der Waals surface area (Å²) in [5.74, 6) is 0.639. The van der Waals surface area contributed by atoms with Crippen LogP contribution >= 0.6 is 15.9 Å². The molecule has 0 saturated carbocycles. The van der Waals surface area contributed by atoms with Crippen molar-refractivity contribution < 1.29 is 13.9 Å². The number of carbonyl (C=O) groups excluding carboxylic acids is 1. The first-order valence-electron chi connectivity index (χ1n) is 5.93. The lowest BCUT2D eigenvalue weighted by Gasteiger charge is -2.26. The van der Waals surface area contributed by atoms with Crippen molar-refractivity contribution in [2.45, 2.75) is 12.5 Å². The van der Waals surface area contributed by atoms with Gasteiger partial charge in [-0.05, 0) is 59.3 Å². The van der Waals surface area contributed by atoms with Crippen LogP contribution < -0.4 is 15.8 Å². The van der Waals surface area contributed by atoms with Crippen LogP contribution in [0, 0.1) is 0 Å². The van der Waals surface area contributed by atoms with Crippen LogP contribution in [-0.2, 0) is 10.3 Å². The molecule has 106 valence electrons. The molecule has 1 heterocycles. The monoisotopic (exact) mass is 338 g/mol. The van der Waals surface area contributed by atoms with Gasteiger partial charge < -0.3 is 20.2 Å². The molecule has 1 atom stereocenters. The van der Waals surface area contributed by atoms with Crippen molar-refractivity contribution in [2.24, 2.45) is 5.73 Å². The first-order valence-corrected chi connectivity index (χ1v) is 6.73. The number of methoxy groups -OCH3 is 1. The summed E-state index contributed by atoms with van der Waals surface area (Å²) in [6.45, 7) is 1.67. The van der Waals surface area contributed by atoms with Crippen molar-refractivity contribution in [3.8, 4) is 5.75 Å². The number of primary amides is 1. The topological polar surface area (TPSA) is 77.5 Å². The molecule has 0 bridgehead atoms. The smallest absolute Gasteiger partial charge is 0.250 e. The van der Waals surface area contributed by atoms with Crippen molar-refractivity contribution in [2.75, 3.05) is 12.4 Å². The van der Waals surface area contributed by atoms with Crippen LogP contribution in [0.3, 0.4) is 0 Å². The maximum Gasteiger partial charge on any atom is 0.250 e.